The molecule has 0 amide bonds. The van der Waals surface area contributed by atoms with Crippen LogP contribution in [0.4, 0.5) is 17.5 Å². The Kier molecular flexibility index (Phi) is 6.33. The minimum Gasteiger partial charge on any atom is -0.339 e. The molecular formula is C24H24N6. The smallest absolute Gasteiger partial charge is 0.227 e. The number of anilines is 3. The van der Waals surface area contributed by atoms with Gasteiger partial charge in [-0.3, -0.25) is 4.90 Å². The van der Waals surface area contributed by atoms with Crippen LogP contribution >= 0.6 is 0 Å². The summed E-state index contributed by atoms with van der Waals surface area (Å²) in [5.74, 6) is 1.41. The third kappa shape index (κ3) is 5.02. The van der Waals surface area contributed by atoms with E-state index in [2.05, 4.69) is 67.6 Å². The van der Waals surface area contributed by atoms with Crippen LogP contribution in [-0.2, 0) is 0 Å². The fraction of sp³-hybridized carbons (Fsp3) is 0.208. The zero-order valence-electron chi connectivity index (χ0n) is 16.8. The van der Waals surface area contributed by atoms with Gasteiger partial charge in [-0.1, -0.05) is 54.6 Å². The van der Waals surface area contributed by atoms with Crippen LogP contribution in [0.15, 0.2) is 72.9 Å². The van der Waals surface area contributed by atoms with E-state index in [1.54, 1.807) is 12.3 Å². The molecule has 0 aliphatic carbocycles. The second-order valence-electron chi connectivity index (χ2n) is 7.12. The van der Waals surface area contributed by atoms with Gasteiger partial charge in [-0.15, -0.1) is 0 Å². The lowest BCUT2D eigenvalue weighted by atomic mass is 10.2. The van der Waals surface area contributed by atoms with Crippen molar-refractivity contribution in [2.24, 2.45) is 0 Å². The first-order chi connectivity index (χ1) is 14.8. The summed E-state index contributed by atoms with van der Waals surface area (Å²) >= 11 is 0. The van der Waals surface area contributed by atoms with E-state index in [0.29, 0.717) is 17.3 Å². The van der Waals surface area contributed by atoms with Gasteiger partial charge in [0, 0.05) is 38.9 Å². The van der Waals surface area contributed by atoms with Crippen molar-refractivity contribution < 1.29 is 0 Å². The molecule has 2 heterocycles. The monoisotopic (exact) mass is 396 g/mol. The quantitative estimate of drug-likeness (QED) is 0.681. The summed E-state index contributed by atoms with van der Waals surface area (Å²) < 4.78 is 0. The van der Waals surface area contributed by atoms with Gasteiger partial charge in [-0.2, -0.15) is 10.2 Å². The number of nitrogens with zero attached hydrogens (tertiary/aromatic N) is 5. The van der Waals surface area contributed by atoms with Crippen LogP contribution in [0.3, 0.4) is 0 Å². The Morgan fingerprint density at radius 3 is 2.53 bits per heavy atom. The average Bonchev–Trinajstić information content (AvgIpc) is 2.81. The lowest BCUT2D eigenvalue weighted by molar-refractivity contribution is 0.283. The lowest BCUT2D eigenvalue weighted by Gasteiger charge is -2.34. The van der Waals surface area contributed by atoms with E-state index in [9.17, 15) is 5.26 Å². The predicted molar refractivity (Wildman–Crippen MR) is 121 cm³/mol. The third-order valence-corrected chi connectivity index (χ3v) is 5.08. The number of hydrogen-bond donors (Lipinski definition) is 1. The van der Waals surface area contributed by atoms with Crippen LogP contribution in [0, 0.1) is 11.3 Å². The summed E-state index contributed by atoms with van der Waals surface area (Å²) in [5.41, 5.74) is 2.57. The van der Waals surface area contributed by atoms with E-state index in [4.69, 9.17) is 0 Å². The van der Waals surface area contributed by atoms with Crippen molar-refractivity contribution >= 4 is 23.5 Å². The fourth-order valence-corrected chi connectivity index (χ4v) is 3.43. The Morgan fingerprint density at radius 1 is 0.967 bits per heavy atom. The highest BCUT2D eigenvalue weighted by Crippen LogP contribution is 2.20. The standard InChI is InChI=1S/C24H24N6/c25-19-21-10-4-5-11-22(21)27-23-12-13-26-24(28-23)30-17-15-29(16-18-30)14-6-9-20-7-2-1-3-8-20/h1-13H,14-18H2,(H,26,27,28)/b9-6+. The van der Waals surface area contributed by atoms with Gasteiger partial charge in [-0.05, 0) is 23.8 Å². The van der Waals surface area contributed by atoms with Gasteiger partial charge in [0.1, 0.15) is 11.9 Å². The fourth-order valence-electron chi connectivity index (χ4n) is 3.43. The van der Waals surface area contributed by atoms with Gasteiger partial charge in [0.15, 0.2) is 0 Å². The highest BCUT2D eigenvalue weighted by molar-refractivity contribution is 5.64. The molecule has 6 nitrogen and oxygen atoms in total. The van der Waals surface area contributed by atoms with Gasteiger partial charge in [0.25, 0.3) is 0 Å². The van der Waals surface area contributed by atoms with E-state index in [0.717, 1.165) is 38.4 Å². The maximum Gasteiger partial charge on any atom is 0.227 e. The molecule has 6 heteroatoms. The molecule has 2 aromatic carbocycles. The molecular weight excluding hydrogens is 372 g/mol. The van der Waals surface area contributed by atoms with Gasteiger partial charge in [0.2, 0.25) is 5.95 Å². The molecule has 0 unspecified atom stereocenters. The molecule has 0 atom stereocenters. The number of aromatic nitrogens is 2. The maximum atomic E-state index is 9.27. The van der Waals surface area contributed by atoms with Crippen LogP contribution in [-0.4, -0.2) is 47.6 Å². The van der Waals surface area contributed by atoms with E-state index in [-0.39, 0.29) is 0 Å². The minimum absolute atomic E-state index is 0.592. The number of nitriles is 1. The zero-order valence-corrected chi connectivity index (χ0v) is 16.8. The molecule has 1 N–H and O–H groups in total. The SMILES string of the molecule is N#Cc1ccccc1Nc1ccnc(N2CCN(C/C=C/c3ccccc3)CC2)n1. The van der Waals surface area contributed by atoms with E-state index < -0.39 is 0 Å². The number of piperazine rings is 1. The Hall–Kier alpha value is -3.69. The van der Waals surface area contributed by atoms with Gasteiger partial charge in [-0.25, -0.2) is 4.98 Å². The maximum absolute atomic E-state index is 9.27. The van der Waals surface area contributed by atoms with Crippen LogP contribution < -0.4 is 10.2 Å². The molecule has 150 valence electrons. The first-order valence-corrected chi connectivity index (χ1v) is 10.1. The molecule has 0 bridgehead atoms. The van der Waals surface area contributed by atoms with Crippen molar-refractivity contribution in [1.29, 1.82) is 5.26 Å². The van der Waals surface area contributed by atoms with Crippen molar-refractivity contribution in [3.05, 3.63) is 84.1 Å². The number of rotatable bonds is 6. The molecule has 1 saturated heterocycles. The Labute approximate surface area is 177 Å². The molecule has 0 radical (unpaired) electrons. The summed E-state index contributed by atoms with van der Waals surface area (Å²) in [6.07, 6.45) is 6.15. The number of hydrogen-bond acceptors (Lipinski definition) is 6. The van der Waals surface area contributed by atoms with Gasteiger partial charge < -0.3 is 10.2 Å². The minimum atomic E-state index is 0.592. The molecule has 1 aliphatic rings. The Morgan fingerprint density at radius 2 is 1.73 bits per heavy atom. The van der Waals surface area contributed by atoms with Crippen LogP contribution in [0.1, 0.15) is 11.1 Å². The van der Waals surface area contributed by atoms with Crippen LogP contribution in [0.5, 0.6) is 0 Å². The molecule has 1 aromatic heterocycles. The van der Waals surface area contributed by atoms with E-state index in [1.165, 1.54) is 5.56 Å². The molecule has 1 aliphatic heterocycles. The second-order valence-corrected chi connectivity index (χ2v) is 7.12. The van der Waals surface area contributed by atoms with E-state index in [1.807, 2.05) is 30.3 Å². The zero-order chi connectivity index (χ0) is 20.6. The predicted octanol–water partition coefficient (Wildman–Crippen LogP) is 3.93. The molecule has 30 heavy (non-hydrogen) atoms. The summed E-state index contributed by atoms with van der Waals surface area (Å²) in [5, 5.41) is 12.5. The topological polar surface area (TPSA) is 68.1 Å². The summed E-state index contributed by atoms with van der Waals surface area (Å²) in [6, 6.07) is 21.8. The van der Waals surface area contributed by atoms with Gasteiger partial charge in [0.05, 0.1) is 11.3 Å². The first-order valence-electron chi connectivity index (χ1n) is 10.1. The van der Waals surface area contributed by atoms with Crippen molar-refractivity contribution in [2.45, 2.75) is 0 Å². The number of nitrogens with one attached hydrogen (secondary N) is 1. The van der Waals surface area contributed by atoms with Crippen molar-refractivity contribution in [2.75, 3.05) is 42.9 Å². The largest absolute Gasteiger partial charge is 0.339 e. The summed E-state index contributed by atoms with van der Waals surface area (Å²) in [7, 11) is 0. The molecule has 3 aromatic rings. The lowest BCUT2D eigenvalue weighted by Crippen LogP contribution is -2.46. The Bertz CT molecular complexity index is 1030. The van der Waals surface area contributed by atoms with Gasteiger partial charge >= 0.3 is 0 Å². The van der Waals surface area contributed by atoms with Crippen LogP contribution in [0.25, 0.3) is 6.08 Å². The van der Waals surface area contributed by atoms with Crippen molar-refractivity contribution in [3.8, 4) is 6.07 Å². The van der Waals surface area contributed by atoms with Crippen molar-refractivity contribution in [1.82, 2.24) is 14.9 Å². The second kappa shape index (κ2) is 9.68. The average molecular weight is 396 g/mol. The van der Waals surface area contributed by atoms with Crippen LogP contribution in [0.2, 0.25) is 0 Å². The highest BCUT2D eigenvalue weighted by atomic mass is 15.3. The number of para-hydroxylation sites is 1. The molecule has 0 spiro atoms. The third-order valence-electron chi connectivity index (χ3n) is 5.08. The first kappa shape index (κ1) is 19.6. The summed E-state index contributed by atoms with van der Waals surface area (Å²) in [4.78, 5) is 13.7. The Balaban J connectivity index is 1.33. The molecule has 4 rings (SSSR count). The van der Waals surface area contributed by atoms with E-state index >= 15 is 0 Å². The highest BCUT2D eigenvalue weighted by Gasteiger charge is 2.18. The summed E-state index contributed by atoms with van der Waals surface area (Å²) in [6.45, 7) is 4.65. The number of benzene rings is 2. The molecule has 0 saturated carbocycles. The van der Waals surface area contributed by atoms with Crippen molar-refractivity contribution in [3.63, 3.8) is 0 Å². The normalized spacial score (nSPS) is 14.6. The molecule has 1 fully saturated rings.